The highest BCUT2D eigenvalue weighted by Crippen LogP contribution is 2.28. The second kappa shape index (κ2) is 9.61. The van der Waals surface area contributed by atoms with Crippen molar-refractivity contribution in [3.8, 4) is 0 Å². The molecule has 0 aliphatic carbocycles. The molecule has 1 aromatic rings. The molecule has 0 unspecified atom stereocenters. The van der Waals surface area contributed by atoms with Gasteiger partial charge in [-0.15, -0.1) is 0 Å². The molecule has 2 aliphatic rings. The largest absolute Gasteiger partial charge is 0.376 e. The van der Waals surface area contributed by atoms with E-state index in [0.717, 1.165) is 51.1 Å². The van der Waals surface area contributed by atoms with E-state index in [-0.39, 0.29) is 23.3 Å². The average molecular weight is 402 g/mol. The lowest BCUT2D eigenvalue weighted by Gasteiger charge is -2.30. The summed E-state index contributed by atoms with van der Waals surface area (Å²) < 4.78 is 5.63. The van der Waals surface area contributed by atoms with Crippen molar-refractivity contribution in [1.29, 1.82) is 0 Å². The summed E-state index contributed by atoms with van der Waals surface area (Å²) in [6.07, 6.45) is 6.09. The highest BCUT2D eigenvalue weighted by Gasteiger charge is 2.22. The van der Waals surface area contributed by atoms with Gasteiger partial charge in [-0.3, -0.25) is 9.59 Å². The highest BCUT2D eigenvalue weighted by atomic mass is 16.5. The van der Waals surface area contributed by atoms with Crippen LogP contribution < -0.4 is 15.5 Å². The predicted molar refractivity (Wildman–Crippen MR) is 117 cm³/mol. The minimum absolute atomic E-state index is 0.0334. The fraction of sp³-hybridized carbons (Fsp3) is 0.652. The van der Waals surface area contributed by atoms with Crippen LogP contribution in [-0.4, -0.2) is 44.2 Å². The Hall–Kier alpha value is -2.08. The van der Waals surface area contributed by atoms with Crippen LogP contribution in [0.3, 0.4) is 0 Å². The zero-order chi connectivity index (χ0) is 20.9. The molecule has 0 spiro atoms. The van der Waals surface area contributed by atoms with Crippen LogP contribution in [0.25, 0.3) is 0 Å². The molecule has 1 atom stereocenters. The number of carbonyl (C=O) groups excluding carboxylic acids is 2. The van der Waals surface area contributed by atoms with Crippen molar-refractivity contribution >= 4 is 23.2 Å². The van der Waals surface area contributed by atoms with Crippen molar-refractivity contribution in [3.63, 3.8) is 0 Å². The lowest BCUT2D eigenvalue weighted by Crippen LogP contribution is -2.35. The maximum atomic E-state index is 13.0. The molecular formula is C23H35N3O3. The summed E-state index contributed by atoms with van der Waals surface area (Å²) in [5, 5.41) is 5.99. The Morgan fingerprint density at radius 1 is 1.14 bits per heavy atom. The summed E-state index contributed by atoms with van der Waals surface area (Å²) in [6, 6.07) is 5.69. The topological polar surface area (TPSA) is 70.7 Å². The number of amides is 2. The van der Waals surface area contributed by atoms with Crippen molar-refractivity contribution in [2.75, 3.05) is 36.5 Å². The zero-order valence-electron chi connectivity index (χ0n) is 18.1. The van der Waals surface area contributed by atoms with E-state index in [1.165, 1.54) is 6.42 Å². The van der Waals surface area contributed by atoms with Crippen LogP contribution in [0.5, 0.6) is 0 Å². The second-order valence-corrected chi connectivity index (χ2v) is 9.41. The zero-order valence-corrected chi connectivity index (χ0v) is 18.1. The van der Waals surface area contributed by atoms with Crippen molar-refractivity contribution in [1.82, 2.24) is 5.32 Å². The Morgan fingerprint density at radius 2 is 1.90 bits per heavy atom. The van der Waals surface area contributed by atoms with Crippen LogP contribution in [0.4, 0.5) is 11.4 Å². The molecule has 29 heavy (non-hydrogen) atoms. The van der Waals surface area contributed by atoms with Gasteiger partial charge in [0.2, 0.25) is 5.91 Å². The van der Waals surface area contributed by atoms with Crippen LogP contribution in [-0.2, 0) is 9.53 Å². The molecule has 6 heteroatoms. The molecule has 0 aromatic heterocycles. The molecule has 0 saturated carbocycles. The average Bonchev–Trinajstić information content (AvgIpc) is 3.19. The maximum Gasteiger partial charge on any atom is 0.253 e. The van der Waals surface area contributed by atoms with Crippen LogP contribution in [0.1, 0.15) is 69.7 Å². The first-order valence-corrected chi connectivity index (χ1v) is 10.9. The molecule has 2 N–H and O–H groups in total. The predicted octanol–water partition coefficient (Wildman–Crippen LogP) is 3.96. The van der Waals surface area contributed by atoms with Gasteiger partial charge in [0.1, 0.15) is 0 Å². The number of ether oxygens (including phenoxy) is 1. The molecule has 0 radical (unpaired) electrons. The monoisotopic (exact) mass is 401 g/mol. The van der Waals surface area contributed by atoms with Gasteiger partial charge < -0.3 is 20.3 Å². The fourth-order valence-corrected chi connectivity index (χ4v) is 4.00. The number of piperidine rings is 1. The number of rotatable bonds is 6. The maximum absolute atomic E-state index is 13.0. The third-order valence-corrected chi connectivity index (χ3v) is 5.43. The van der Waals surface area contributed by atoms with Gasteiger partial charge in [-0.05, 0) is 55.7 Å². The summed E-state index contributed by atoms with van der Waals surface area (Å²) in [7, 11) is 0. The summed E-state index contributed by atoms with van der Waals surface area (Å²) in [6.45, 7) is 9.33. The normalized spacial score (nSPS) is 19.8. The first-order valence-electron chi connectivity index (χ1n) is 10.9. The lowest BCUT2D eigenvalue weighted by molar-refractivity contribution is -0.117. The van der Waals surface area contributed by atoms with E-state index in [2.05, 4.69) is 15.5 Å². The van der Waals surface area contributed by atoms with E-state index in [1.807, 2.05) is 39.0 Å². The van der Waals surface area contributed by atoms with Crippen molar-refractivity contribution < 1.29 is 14.3 Å². The third-order valence-electron chi connectivity index (χ3n) is 5.43. The Kier molecular flexibility index (Phi) is 7.17. The Balaban J connectivity index is 1.76. The minimum Gasteiger partial charge on any atom is -0.376 e. The molecule has 2 amide bonds. The van der Waals surface area contributed by atoms with Crippen LogP contribution >= 0.6 is 0 Å². The SMILES string of the molecule is CC(C)(C)CC(=O)Nc1ccc(N2CCCCC2)c(C(=O)NC[C@@H]2CCCO2)c1. The van der Waals surface area contributed by atoms with Crippen molar-refractivity contribution in [2.45, 2.75) is 65.4 Å². The molecular weight excluding hydrogens is 366 g/mol. The molecule has 2 aliphatic heterocycles. The molecule has 160 valence electrons. The second-order valence-electron chi connectivity index (χ2n) is 9.41. The Bertz CT molecular complexity index is 715. The van der Waals surface area contributed by atoms with Crippen LogP contribution in [0.2, 0.25) is 0 Å². The van der Waals surface area contributed by atoms with Crippen LogP contribution in [0.15, 0.2) is 18.2 Å². The number of anilines is 2. The summed E-state index contributed by atoms with van der Waals surface area (Å²) in [5.74, 6) is -0.137. The van der Waals surface area contributed by atoms with Crippen LogP contribution in [0, 0.1) is 5.41 Å². The van der Waals surface area contributed by atoms with Gasteiger partial charge >= 0.3 is 0 Å². The minimum atomic E-state index is -0.104. The molecule has 6 nitrogen and oxygen atoms in total. The molecule has 1 aromatic carbocycles. The van der Waals surface area contributed by atoms with E-state index in [4.69, 9.17) is 4.74 Å². The summed E-state index contributed by atoms with van der Waals surface area (Å²) in [4.78, 5) is 27.7. The number of hydrogen-bond acceptors (Lipinski definition) is 4. The lowest BCUT2D eigenvalue weighted by atomic mass is 9.92. The van der Waals surface area contributed by atoms with E-state index in [9.17, 15) is 9.59 Å². The standard InChI is InChI=1S/C23H35N3O3/c1-23(2,3)15-21(27)25-17-9-10-20(26-11-5-4-6-12-26)19(14-17)22(28)24-16-18-8-7-13-29-18/h9-10,14,18H,4-8,11-13,15-16H2,1-3H3,(H,24,28)(H,25,27)/t18-/m0/s1. The van der Waals surface area contributed by atoms with Gasteiger partial charge in [0, 0.05) is 44.0 Å². The number of nitrogens with zero attached hydrogens (tertiary/aromatic N) is 1. The molecule has 2 heterocycles. The van der Waals surface area contributed by atoms with E-state index >= 15 is 0 Å². The van der Waals surface area contributed by atoms with Gasteiger partial charge in [-0.2, -0.15) is 0 Å². The highest BCUT2D eigenvalue weighted by molar-refractivity contribution is 6.02. The smallest absolute Gasteiger partial charge is 0.253 e. The first-order chi connectivity index (χ1) is 13.8. The van der Waals surface area contributed by atoms with Gasteiger partial charge in [-0.25, -0.2) is 0 Å². The first kappa shape index (κ1) is 21.6. The van der Waals surface area contributed by atoms with Gasteiger partial charge in [-0.1, -0.05) is 20.8 Å². The molecule has 2 saturated heterocycles. The van der Waals surface area contributed by atoms with Gasteiger partial charge in [0.05, 0.1) is 11.7 Å². The molecule has 3 rings (SSSR count). The number of nitrogens with one attached hydrogen (secondary N) is 2. The number of carbonyl (C=O) groups is 2. The van der Waals surface area contributed by atoms with Crippen molar-refractivity contribution in [3.05, 3.63) is 23.8 Å². The Labute approximate surface area is 174 Å². The van der Waals surface area contributed by atoms with E-state index in [0.29, 0.717) is 24.2 Å². The molecule has 0 bridgehead atoms. The quantitative estimate of drug-likeness (QED) is 0.757. The van der Waals surface area contributed by atoms with Crippen molar-refractivity contribution in [2.24, 2.45) is 5.41 Å². The summed E-state index contributed by atoms with van der Waals surface area (Å²) >= 11 is 0. The molecule has 2 fully saturated rings. The Morgan fingerprint density at radius 3 is 2.55 bits per heavy atom. The van der Waals surface area contributed by atoms with E-state index < -0.39 is 0 Å². The fourth-order valence-electron chi connectivity index (χ4n) is 4.00. The number of benzene rings is 1. The van der Waals surface area contributed by atoms with Gasteiger partial charge in [0.15, 0.2) is 0 Å². The number of hydrogen-bond donors (Lipinski definition) is 2. The van der Waals surface area contributed by atoms with Gasteiger partial charge in [0.25, 0.3) is 5.91 Å². The third kappa shape index (κ3) is 6.46. The van der Waals surface area contributed by atoms with E-state index in [1.54, 1.807) is 0 Å². The summed E-state index contributed by atoms with van der Waals surface area (Å²) in [5.41, 5.74) is 2.16.